The molecule has 0 saturated carbocycles. The number of azide groups is 1. The minimum Gasteiger partial charge on any atom is -0.470 e. The van der Waals surface area contributed by atoms with E-state index in [0.717, 1.165) is 4.90 Å². The van der Waals surface area contributed by atoms with Gasteiger partial charge >= 0.3 is 6.09 Å². The van der Waals surface area contributed by atoms with Crippen LogP contribution >= 0.6 is 0 Å². The lowest BCUT2D eigenvalue weighted by Crippen LogP contribution is -2.27. The molecule has 110 valence electrons. The first-order valence-electron chi connectivity index (χ1n) is 5.99. The minimum atomic E-state index is -1.10. The number of rotatable bonds is 3. The van der Waals surface area contributed by atoms with Crippen LogP contribution in [-0.4, -0.2) is 27.9 Å². The van der Waals surface area contributed by atoms with Gasteiger partial charge in [0, 0.05) is 17.0 Å². The molecule has 0 radical (unpaired) electrons. The molecule has 1 aliphatic rings. The monoisotopic (exact) mass is 300 g/mol. The van der Waals surface area contributed by atoms with E-state index in [4.69, 9.17) is 20.1 Å². The maximum Gasteiger partial charge on any atom is 0.414 e. The van der Waals surface area contributed by atoms with Crippen molar-refractivity contribution in [2.45, 2.75) is 0 Å². The van der Waals surface area contributed by atoms with Gasteiger partial charge in [0.15, 0.2) is 6.73 Å². The van der Waals surface area contributed by atoms with Crippen LogP contribution in [-0.2, 0) is 0 Å². The Balaban J connectivity index is 1.84. The van der Waals surface area contributed by atoms with Gasteiger partial charge in [-0.1, -0.05) is 0 Å². The lowest BCUT2D eigenvalue weighted by molar-refractivity contribution is 0.197. The highest BCUT2D eigenvalue weighted by atomic mass is 16.5. The molecule has 0 aliphatic carbocycles. The number of aromatic nitrogens is 2. The molecule has 2 aromatic rings. The van der Waals surface area contributed by atoms with Crippen LogP contribution < -0.4 is 14.4 Å². The maximum absolute atomic E-state index is 11.0. The molecular formula is C12H8N6O4. The van der Waals surface area contributed by atoms with E-state index in [0.29, 0.717) is 17.2 Å². The van der Waals surface area contributed by atoms with Crippen LogP contribution in [0.2, 0.25) is 0 Å². The zero-order valence-corrected chi connectivity index (χ0v) is 10.9. The van der Waals surface area contributed by atoms with E-state index in [1.165, 1.54) is 12.4 Å². The second-order valence-electron chi connectivity index (χ2n) is 4.12. The van der Waals surface area contributed by atoms with Crippen LogP contribution in [0.3, 0.4) is 0 Å². The molecule has 10 nitrogen and oxygen atoms in total. The lowest BCUT2D eigenvalue weighted by atomic mass is 10.2. The Hall–Kier alpha value is -3.52. The van der Waals surface area contributed by atoms with E-state index in [-0.39, 0.29) is 18.4 Å². The van der Waals surface area contributed by atoms with Gasteiger partial charge in [-0.15, -0.1) is 0 Å². The van der Waals surface area contributed by atoms with Gasteiger partial charge in [0.2, 0.25) is 5.88 Å². The number of anilines is 1. The largest absolute Gasteiger partial charge is 0.470 e. The van der Waals surface area contributed by atoms with Gasteiger partial charge in [0.05, 0.1) is 5.69 Å². The summed E-state index contributed by atoms with van der Waals surface area (Å²) in [6, 6.07) is 6.07. The maximum atomic E-state index is 11.0. The van der Waals surface area contributed by atoms with Crippen LogP contribution in [0.1, 0.15) is 0 Å². The van der Waals surface area contributed by atoms with Gasteiger partial charge < -0.3 is 14.6 Å². The van der Waals surface area contributed by atoms with Crippen LogP contribution in [0, 0.1) is 0 Å². The first kappa shape index (κ1) is 13.5. The van der Waals surface area contributed by atoms with Gasteiger partial charge in [-0.3, -0.25) is 0 Å². The summed E-state index contributed by atoms with van der Waals surface area (Å²) in [6.07, 6.45) is 0.109. The number of hydrogen-bond donors (Lipinski definition) is 1. The van der Waals surface area contributed by atoms with Gasteiger partial charge in [-0.2, -0.15) is 0 Å². The number of nitrogens with zero attached hydrogens (tertiary/aromatic N) is 6. The number of carbonyl (C=O) groups is 1. The van der Waals surface area contributed by atoms with Crippen molar-refractivity contribution < 1.29 is 19.4 Å². The first-order chi connectivity index (χ1) is 10.7. The standard InChI is InChI=1S/C12H8N6O4/c13-17-16-10-4-11(15-5-14-10)22-7-1-2-8-9(3-7)21-6-18(8)12(19)20/h1-5H,6H2,(H,19,20). The Morgan fingerprint density at radius 1 is 1.45 bits per heavy atom. The Morgan fingerprint density at radius 2 is 2.32 bits per heavy atom. The molecule has 1 amide bonds. The fourth-order valence-corrected chi connectivity index (χ4v) is 1.87. The van der Waals surface area contributed by atoms with Crippen LogP contribution in [0.4, 0.5) is 16.3 Å². The summed E-state index contributed by atoms with van der Waals surface area (Å²) in [4.78, 5) is 22.3. The summed E-state index contributed by atoms with van der Waals surface area (Å²) < 4.78 is 10.8. The number of hydrogen-bond acceptors (Lipinski definition) is 6. The van der Waals surface area contributed by atoms with Gasteiger partial charge in [-0.05, 0) is 22.8 Å². The van der Waals surface area contributed by atoms with Crippen LogP contribution in [0.15, 0.2) is 35.7 Å². The molecule has 0 spiro atoms. The third kappa shape index (κ3) is 2.53. The molecule has 1 N–H and O–H groups in total. The van der Waals surface area contributed by atoms with Crippen LogP contribution in [0.5, 0.6) is 17.4 Å². The molecule has 10 heteroatoms. The molecule has 1 aromatic heterocycles. The summed E-state index contributed by atoms with van der Waals surface area (Å²) in [5, 5.41) is 12.4. The van der Waals surface area contributed by atoms with E-state index in [1.807, 2.05) is 0 Å². The zero-order valence-electron chi connectivity index (χ0n) is 10.9. The van der Waals surface area contributed by atoms with E-state index < -0.39 is 6.09 Å². The van der Waals surface area contributed by atoms with Gasteiger partial charge in [-0.25, -0.2) is 19.7 Å². The van der Waals surface area contributed by atoms with Crippen molar-refractivity contribution in [3.8, 4) is 17.4 Å². The third-order valence-electron chi connectivity index (χ3n) is 2.80. The van der Waals surface area contributed by atoms with Crippen molar-refractivity contribution in [1.82, 2.24) is 9.97 Å². The number of fused-ring (bicyclic) bond motifs is 1. The van der Waals surface area contributed by atoms with E-state index >= 15 is 0 Å². The Labute approximate surface area is 123 Å². The summed E-state index contributed by atoms with van der Waals surface area (Å²) in [6.45, 7) is -0.0668. The van der Waals surface area contributed by atoms with Crippen molar-refractivity contribution in [2.24, 2.45) is 5.11 Å². The normalized spacial score (nSPS) is 12.1. The first-order valence-corrected chi connectivity index (χ1v) is 5.99. The average molecular weight is 300 g/mol. The predicted octanol–water partition coefficient (Wildman–Crippen LogP) is 3.05. The molecule has 1 aliphatic heterocycles. The second kappa shape index (κ2) is 5.46. The topological polar surface area (TPSA) is 134 Å². The zero-order chi connectivity index (χ0) is 15.5. The summed E-state index contributed by atoms with van der Waals surface area (Å²) in [5.41, 5.74) is 8.81. The molecule has 0 saturated heterocycles. The quantitative estimate of drug-likeness (QED) is 0.526. The van der Waals surface area contributed by atoms with E-state index in [1.54, 1.807) is 18.2 Å². The molecule has 22 heavy (non-hydrogen) atoms. The number of benzene rings is 1. The Bertz CT molecular complexity index is 789. The molecular weight excluding hydrogens is 292 g/mol. The Kier molecular flexibility index (Phi) is 3.34. The average Bonchev–Trinajstić information content (AvgIpc) is 2.91. The second-order valence-corrected chi connectivity index (χ2v) is 4.12. The third-order valence-corrected chi connectivity index (χ3v) is 2.80. The highest BCUT2D eigenvalue weighted by Gasteiger charge is 2.26. The van der Waals surface area contributed by atoms with Crippen LogP contribution in [0.25, 0.3) is 10.4 Å². The molecule has 0 fully saturated rings. The number of amides is 1. The summed E-state index contributed by atoms with van der Waals surface area (Å²) >= 11 is 0. The van der Waals surface area contributed by atoms with Crippen molar-refractivity contribution >= 4 is 17.6 Å². The highest BCUT2D eigenvalue weighted by Crippen LogP contribution is 2.37. The fraction of sp³-hybridized carbons (Fsp3) is 0.0833. The van der Waals surface area contributed by atoms with E-state index in [2.05, 4.69) is 20.0 Å². The minimum absolute atomic E-state index is 0.0668. The van der Waals surface area contributed by atoms with Crippen molar-refractivity contribution in [2.75, 3.05) is 11.6 Å². The summed E-state index contributed by atoms with van der Waals surface area (Å²) in [5.74, 6) is 1.10. The molecule has 0 unspecified atom stereocenters. The van der Waals surface area contributed by atoms with Gasteiger partial charge in [0.1, 0.15) is 23.6 Å². The Morgan fingerprint density at radius 3 is 3.09 bits per heavy atom. The number of ether oxygens (including phenoxy) is 2. The SMILES string of the molecule is [N-]=[N+]=Nc1cc(Oc2ccc3c(c2)OCN3C(=O)O)ncn1. The number of carboxylic acid groups (broad SMARTS) is 1. The lowest BCUT2D eigenvalue weighted by Gasteiger charge is -2.09. The fourth-order valence-electron chi connectivity index (χ4n) is 1.87. The van der Waals surface area contributed by atoms with Crippen molar-refractivity contribution in [3.63, 3.8) is 0 Å². The molecule has 0 bridgehead atoms. The molecule has 1 aromatic carbocycles. The van der Waals surface area contributed by atoms with Crippen molar-refractivity contribution in [1.29, 1.82) is 0 Å². The molecule has 0 atom stereocenters. The van der Waals surface area contributed by atoms with Gasteiger partial charge in [0.25, 0.3) is 0 Å². The smallest absolute Gasteiger partial charge is 0.414 e. The van der Waals surface area contributed by atoms with Crippen molar-refractivity contribution in [3.05, 3.63) is 41.0 Å². The molecule has 2 heterocycles. The van der Waals surface area contributed by atoms with E-state index in [9.17, 15) is 4.79 Å². The summed E-state index contributed by atoms with van der Waals surface area (Å²) in [7, 11) is 0. The predicted molar refractivity (Wildman–Crippen MR) is 73.4 cm³/mol. The highest BCUT2D eigenvalue weighted by molar-refractivity contribution is 5.89. The molecule has 3 rings (SSSR count).